The molecule has 110 valence electrons. The highest BCUT2D eigenvalue weighted by molar-refractivity contribution is 5.94. The third-order valence-electron chi connectivity index (χ3n) is 3.28. The number of hydrogen-bond acceptors (Lipinski definition) is 3. The number of carboxylic acid groups (broad SMARTS) is 1. The van der Waals surface area contributed by atoms with Gasteiger partial charge in [0, 0.05) is 12.1 Å². The second kappa shape index (κ2) is 7.65. The van der Waals surface area contributed by atoms with Crippen molar-refractivity contribution in [2.45, 2.75) is 33.1 Å². The average Bonchev–Trinajstić information content (AvgIpc) is 2.39. The topological polar surface area (TPSA) is 92.4 Å². The number of aromatic carboxylic acids is 1. The minimum atomic E-state index is -0.991. The van der Waals surface area contributed by atoms with Gasteiger partial charge in [-0.25, -0.2) is 4.79 Å². The smallest absolute Gasteiger partial charge is 0.336 e. The summed E-state index contributed by atoms with van der Waals surface area (Å²) < 4.78 is 0. The first-order chi connectivity index (χ1) is 9.43. The summed E-state index contributed by atoms with van der Waals surface area (Å²) in [5, 5.41) is 11.8. The first-order valence-corrected chi connectivity index (χ1v) is 6.78. The molecule has 1 aromatic carbocycles. The second-order valence-electron chi connectivity index (χ2n) is 5.10. The molecule has 0 heterocycles. The van der Waals surface area contributed by atoms with E-state index in [9.17, 15) is 9.59 Å². The highest BCUT2D eigenvalue weighted by atomic mass is 16.4. The summed E-state index contributed by atoms with van der Waals surface area (Å²) in [6.07, 6.45) is 2.10. The van der Waals surface area contributed by atoms with Gasteiger partial charge in [0.05, 0.1) is 5.56 Å². The zero-order chi connectivity index (χ0) is 15.1. The van der Waals surface area contributed by atoms with E-state index in [4.69, 9.17) is 10.8 Å². The Balaban J connectivity index is 2.58. The van der Waals surface area contributed by atoms with Crippen LogP contribution in [-0.4, -0.2) is 23.5 Å². The van der Waals surface area contributed by atoms with Gasteiger partial charge < -0.3 is 16.2 Å². The maximum Gasteiger partial charge on any atom is 0.336 e. The monoisotopic (exact) mass is 278 g/mol. The number of nitrogens with two attached hydrogens (primary N) is 1. The van der Waals surface area contributed by atoms with E-state index in [1.165, 1.54) is 6.07 Å². The number of benzene rings is 1. The lowest BCUT2D eigenvalue weighted by Crippen LogP contribution is -2.14. The molecule has 1 atom stereocenters. The molecule has 0 aliphatic heterocycles. The average molecular weight is 278 g/mol. The molecule has 1 aromatic rings. The number of rotatable bonds is 7. The predicted molar refractivity (Wildman–Crippen MR) is 78.8 cm³/mol. The van der Waals surface area contributed by atoms with Gasteiger partial charge in [0.1, 0.15) is 0 Å². The van der Waals surface area contributed by atoms with Crippen LogP contribution in [-0.2, 0) is 4.79 Å². The second-order valence-corrected chi connectivity index (χ2v) is 5.10. The Morgan fingerprint density at radius 2 is 2.05 bits per heavy atom. The van der Waals surface area contributed by atoms with Crippen LogP contribution in [0.3, 0.4) is 0 Å². The van der Waals surface area contributed by atoms with Crippen LogP contribution in [0.5, 0.6) is 0 Å². The van der Waals surface area contributed by atoms with Gasteiger partial charge >= 0.3 is 5.97 Å². The lowest BCUT2D eigenvalue weighted by atomic mass is 10.0. The van der Waals surface area contributed by atoms with Crippen molar-refractivity contribution in [1.29, 1.82) is 0 Å². The lowest BCUT2D eigenvalue weighted by Gasteiger charge is -2.11. The van der Waals surface area contributed by atoms with Gasteiger partial charge in [-0.15, -0.1) is 0 Å². The van der Waals surface area contributed by atoms with Gasteiger partial charge in [0.15, 0.2) is 0 Å². The Kier molecular flexibility index (Phi) is 6.18. The quantitative estimate of drug-likeness (QED) is 0.714. The van der Waals surface area contributed by atoms with Crippen molar-refractivity contribution in [2.75, 3.05) is 11.9 Å². The Hall–Kier alpha value is -1.88. The third kappa shape index (κ3) is 5.01. The summed E-state index contributed by atoms with van der Waals surface area (Å²) in [6.45, 7) is 4.42. The molecule has 0 spiro atoms. The number of nitrogens with one attached hydrogen (secondary N) is 1. The molecular formula is C15H22N2O3. The van der Waals surface area contributed by atoms with Crippen molar-refractivity contribution in [3.05, 3.63) is 29.3 Å². The summed E-state index contributed by atoms with van der Waals surface area (Å²) in [6, 6.07) is 4.89. The van der Waals surface area contributed by atoms with Gasteiger partial charge in [-0.2, -0.15) is 0 Å². The number of carbonyl (C=O) groups is 2. The molecule has 0 saturated heterocycles. The summed E-state index contributed by atoms with van der Waals surface area (Å²) in [5.74, 6) is -0.678. The van der Waals surface area contributed by atoms with Crippen molar-refractivity contribution >= 4 is 17.6 Å². The van der Waals surface area contributed by atoms with Gasteiger partial charge in [-0.3, -0.25) is 4.79 Å². The number of amides is 1. The molecule has 1 rings (SSSR count). The van der Waals surface area contributed by atoms with Gasteiger partial charge in [-0.1, -0.05) is 13.0 Å². The van der Waals surface area contributed by atoms with E-state index < -0.39 is 5.97 Å². The van der Waals surface area contributed by atoms with Crippen LogP contribution in [0.15, 0.2) is 18.2 Å². The highest BCUT2D eigenvalue weighted by Gasteiger charge is 2.10. The van der Waals surface area contributed by atoms with Crippen LogP contribution in [0.4, 0.5) is 5.69 Å². The molecule has 0 aliphatic carbocycles. The van der Waals surface area contributed by atoms with E-state index in [2.05, 4.69) is 12.2 Å². The van der Waals surface area contributed by atoms with Crippen molar-refractivity contribution < 1.29 is 14.7 Å². The first kappa shape index (κ1) is 16.2. The maximum atomic E-state index is 11.8. The van der Waals surface area contributed by atoms with Gasteiger partial charge in [-0.05, 0) is 49.9 Å². The molecule has 0 radical (unpaired) electrons. The fourth-order valence-electron chi connectivity index (χ4n) is 1.96. The van der Waals surface area contributed by atoms with E-state index >= 15 is 0 Å². The number of hydrogen-bond donors (Lipinski definition) is 3. The van der Waals surface area contributed by atoms with Crippen molar-refractivity contribution in [3.8, 4) is 0 Å². The largest absolute Gasteiger partial charge is 0.478 e. The van der Waals surface area contributed by atoms with Crippen LogP contribution in [0.2, 0.25) is 0 Å². The Bertz CT molecular complexity index is 486. The SMILES string of the molecule is Cc1ccc(NC(=O)CCC(C)CCN)cc1C(=O)O. The standard InChI is InChI=1S/C15H22N2O3/c1-10(7-8-16)3-6-14(18)17-12-5-4-11(2)13(9-12)15(19)20/h4-5,9-10H,3,6-8,16H2,1-2H3,(H,17,18)(H,19,20). The molecule has 1 amide bonds. The molecule has 0 bridgehead atoms. The zero-order valence-corrected chi connectivity index (χ0v) is 12.0. The zero-order valence-electron chi connectivity index (χ0n) is 12.0. The fraction of sp³-hybridized carbons (Fsp3) is 0.467. The molecule has 4 N–H and O–H groups in total. The van der Waals surface area contributed by atoms with Crippen molar-refractivity contribution in [3.63, 3.8) is 0 Å². The van der Waals surface area contributed by atoms with E-state index in [0.717, 1.165) is 12.8 Å². The molecule has 20 heavy (non-hydrogen) atoms. The molecule has 0 aromatic heterocycles. The molecular weight excluding hydrogens is 256 g/mol. The Morgan fingerprint density at radius 3 is 2.65 bits per heavy atom. The van der Waals surface area contributed by atoms with Crippen LogP contribution in [0.25, 0.3) is 0 Å². The van der Waals surface area contributed by atoms with E-state index in [1.807, 2.05) is 0 Å². The summed E-state index contributed by atoms with van der Waals surface area (Å²) in [5.41, 5.74) is 6.86. The minimum absolute atomic E-state index is 0.103. The minimum Gasteiger partial charge on any atom is -0.478 e. The fourth-order valence-corrected chi connectivity index (χ4v) is 1.96. The van der Waals surface area contributed by atoms with Gasteiger partial charge in [0.25, 0.3) is 0 Å². The van der Waals surface area contributed by atoms with E-state index in [0.29, 0.717) is 30.1 Å². The molecule has 0 saturated carbocycles. The van der Waals surface area contributed by atoms with Crippen molar-refractivity contribution in [2.24, 2.45) is 11.7 Å². The predicted octanol–water partition coefficient (Wildman–Crippen LogP) is 2.40. The number of carboxylic acids is 1. The summed E-state index contributed by atoms with van der Waals surface area (Å²) >= 11 is 0. The summed E-state index contributed by atoms with van der Waals surface area (Å²) in [4.78, 5) is 22.8. The number of anilines is 1. The molecule has 0 aliphatic rings. The molecule has 1 unspecified atom stereocenters. The van der Waals surface area contributed by atoms with Gasteiger partial charge in [0.2, 0.25) is 5.91 Å². The van der Waals surface area contributed by atoms with Crippen LogP contribution in [0.1, 0.15) is 42.1 Å². The Morgan fingerprint density at radius 1 is 1.35 bits per heavy atom. The first-order valence-electron chi connectivity index (χ1n) is 6.78. The van der Waals surface area contributed by atoms with Crippen LogP contribution in [0, 0.1) is 12.8 Å². The molecule has 0 fully saturated rings. The van der Waals surface area contributed by atoms with Crippen molar-refractivity contribution in [1.82, 2.24) is 0 Å². The number of aryl methyl sites for hydroxylation is 1. The lowest BCUT2D eigenvalue weighted by molar-refractivity contribution is -0.116. The van der Waals surface area contributed by atoms with E-state index in [1.54, 1.807) is 19.1 Å². The molecule has 5 heteroatoms. The maximum absolute atomic E-state index is 11.8. The van der Waals surface area contributed by atoms with Crippen LogP contribution < -0.4 is 11.1 Å². The normalized spacial score (nSPS) is 11.9. The molecule has 5 nitrogen and oxygen atoms in total. The van der Waals surface area contributed by atoms with Crippen LogP contribution >= 0.6 is 0 Å². The summed E-state index contributed by atoms with van der Waals surface area (Å²) in [7, 11) is 0. The Labute approximate surface area is 119 Å². The highest BCUT2D eigenvalue weighted by Crippen LogP contribution is 2.16. The number of carbonyl (C=O) groups excluding carboxylic acids is 1. The van der Waals surface area contributed by atoms with E-state index in [-0.39, 0.29) is 11.5 Å². The third-order valence-corrected chi connectivity index (χ3v) is 3.28.